The number of rotatable bonds is 0. The summed E-state index contributed by atoms with van der Waals surface area (Å²) >= 11 is 0. The average Bonchev–Trinajstić information content (AvgIpc) is 2.67. The third kappa shape index (κ3) is 1.39. The van der Waals surface area contributed by atoms with Crippen LogP contribution < -0.4 is 11.1 Å². The van der Waals surface area contributed by atoms with Crippen molar-refractivity contribution in [3.05, 3.63) is 53.6 Å². The molecule has 2 aromatic carbocycles. The minimum Gasteiger partial charge on any atom is -0.324 e. The predicted molar refractivity (Wildman–Crippen MR) is 74.9 cm³/mol. The molecule has 0 saturated heterocycles. The van der Waals surface area contributed by atoms with Crippen LogP contribution in [-0.2, 0) is 4.79 Å². The van der Waals surface area contributed by atoms with E-state index in [1.807, 2.05) is 12.1 Å². The molecule has 19 heavy (non-hydrogen) atoms. The van der Waals surface area contributed by atoms with Gasteiger partial charge in [0.15, 0.2) is 0 Å². The molecule has 4 rings (SSSR count). The number of anilines is 1. The molecule has 0 aromatic heterocycles. The molecule has 1 amide bonds. The lowest BCUT2D eigenvalue weighted by Crippen LogP contribution is -2.35. The molecule has 3 nitrogen and oxygen atoms in total. The van der Waals surface area contributed by atoms with Crippen molar-refractivity contribution in [1.29, 1.82) is 0 Å². The molecule has 1 heterocycles. The van der Waals surface area contributed by atoms with Gasteiger partial charge in [0.1, 0.15) is 0 Å². The summed E-state index contributed by atoms with van der Waals surface area (Å²) in [5, 5.41) is 2.95. The minimum absolute atomic E-state index is 0.0831. The van der Waals surface area contributed by atoms with E-state index in [4.69, 9.17) is 5.73 Å². The quantitative estimate of drug-likeness (QED) is 0.754. The normalized spacial score (nSPS) is 23.3. The largest absolute Gasteiger partial charge is 0.324 e. The summed E-state index contributed by atoms with van der Waals surface area (Å²) in [7, 11) is 0. The molecule has 0 fully saturated rings. The van der Waals surface area contributed by atoms with E-state index in [1.165, 1.54) is 22.3 Å². The maximum Gasteiger partial charge on any atom is 0.241 e. The summed E-state index contributed by atoms with van der Waals surface area (Å²) in [6, 6.07) is 14.0. The zero-order valence-corrected chi connectivity index (χ0v) is 10.4. The molecule has 0 spiro atoms. The zero-order chi connectivity index (χ0) is 13.0. The molecule has 2 aliphatic rings. The average molecular weight is 250 g/mol. The van der Waals surface area contributed by atoms with Crippen molar-refractivity contribution in [1.82, 2.24) is 0 Å². The highest BCUT2D eigenvalue weighted by atomic mass is 16.2. The molecule has 0 radical (unpaired) electrons. The summed E-state index contributed by atoms with van der Waals surface area (Å²) in [4.78, 5) is 11.9. The van der Waals surface area contributed by atoms with Crippen molar-refractivity contribution in [2.24, 2.45) is 5.73 Å². The number of fused-ring (bicyclic) bond motifs is 3. The van der Waals surface area contributed by atoms with Gasteiger partial charge < -0.3 is 11.1 Å². The predicted octanol–water partition coefficient (Wildman–Crippen LogP) is 2.47. The zero-order valence-electron chi connectivity index (χ0n) is 10.4. The lowest BCUT2D eigenvalue weighted by molar-refractivity contribution is -0.117. The van der Waals surface area contributed by atoms with E-state index in [9.17, 15) is 4.79 Å². The highest BCUT2D eigenvalue weighted by Gasteiger charge is 2.36. The number of hydrogen-bond donors (Lipinski definition) is 2. The number of nitrogens with two attached hydrogens (primary N) is 1. The van der Waals surface area contributed by atoms with Crippen molar-refractivity contribution < 1.29 is 4.79 Å². The molecule has 1 aliphatic carbocycles. The standard InChI is InChI=1S/C16H14N2O/c17-13-8-12-10-5-2-1-4-9(10)11-6-3-7-14(15(11)12)18-16(13)19/h1-7,12-13H,8,17H2,(H,18,19)/t12-,13-/m1/s1. The number of amides is 1. The van der Waals surface area contributed by atoms with E-state index in [2.05, 4.69) is 35.6 Å². The summed E-state index contributed by atoms with van der Waals surface area (Å²) in [5.74, 6) is 0.150. The number of carbonyl (C=O) groups is 1. The number of carbonyl (C=O) groups excluding carboxylic acids is 1. The maximum absolute atomic E-state index is 11.9. The Kier molecular flexibility index (Phi) is 2.09. The van der Waals surface area contributed by atoms with Crippen LogP contribution in [0.15, 0.2) is 42.5 Å². The van der Waals surface area contributed by atoms with E-state index in [0.717, 1.165) is 5.69 Å². The van der Waals surface area contributed by atoms with Gasteiger partial charge in [-0.1, -0.05) is 36.4 Å². The van der Waals surface area contributed by atoms with Gasteiger partial charge in [0.05, 0.1) is 6.04 Å². The second-order valence-corrected chi connectivity index (χ2v) is 5.24. The van der Waals surface area contributed by atoms with Gasteiger partial charge in [-0.05, 0) is 34.7 Å². The molecule has 0 saturated carbocycles. The lowest BCUT2D eigenvalue weighted by atomic mass is 9.91. The van der Waals surface area contributed by atoms with Gasteiger partial charge in [-0.3, -0.25) is 4.79 Å². The SMILES string of the molecule is N[C@@H]1C[C@@H]2c3ccccc3-c3cccc(c32)NC1=O. The van der Waals surface area contributed by atoms with Crippen molar-refractivity contribution in [3.8, 4) is 11.1 Å². The van der Waals surface area contributed by atoms with Gasteiger partial charge in [0.25, 0.3) is 0 Å². The fourth-order valence-electron chi connectivity index (χ4n) is 3.32. The third-order valence-electron chi connectivity index (χ3n) is 4.17. The Hall–Kier alpha value is -2.13. The van der Waals surface area contributed by atoms with Gasteiger partial charge in [-0.2, -0.15) is 0 Å². The van der Waals surface area contributed by atoms with Crippen LogP contribution in [0.2, 0.25) is 0 Å². The van der Waals surface area contributed by atoms with Crippen molar-refractivity contribution in [3.63, 3.8) is 0 Å². The van der Waals surface area contributed by atoms with Crippen LogP contribution in [0.3, 0.4) is 0 Å². The summed E-state index contributed by atoms with van der Waals surface area (Å²) in [6.07, 6.45) is 0.673. The highest BCUT2D eigenvalue weighted by molar-refractivity contribution is 5.99. The smallest absolute Gasteiger partial charge is 0.241 e. The fraction of sp³-hybridized carbons (Fsp3) is 0.188. The van der Waals surface area contributed by atoms with Crippen LogP contribution >= 0.6 is 0 Å². The maximum atomic E-state index is 11.9. The number of hydrogen-bond acceptors (Lipinski definition) is 2. The van der Waals surface area contributed by atoms with Gasteiger partial charge in [-0.25, -0.2) is 0 Å². The highest BCUT2D eigenvalue weighted by Crippen LogP contribution is 2.50. The Balaban J connectivity index is 2.02. The Bertz CT molecular complexity index is 693. The van der Waals surface area contributed by atoms with E-state index in [0.29, 0.717) is 6.42 Å². The lowest BCUT2D eigenvalue weighted by Gasteiger charge is -2.13. The Labute approximate surface area is 111 Å². The van der Waals surface area contributed by atoms with E-state index in [-0.39, 0.29) is 11.8 Å². The first-order chi connectivity index (χ1) is 9.25. The molecule has 1 aliphatic heterocycles. The van der Waals surface area contributed by atoms with Crippen LogP contribution in [0, 0.1) is 0 Å². The minimum atomic E-state index is -0.448. The first-order valence-corrected chi connectivity index (χ1v) is 6.54. The van der Waals surface area contributed by atoms with Crippen molar-refractivity contribution in [2.45, 2.75) is 18.4 Å². The number of benzene rings is 2. The fourth-order valence-corrected chi connectivity index (χ4v) is 3.32. The summed E-state index contributed by atoms with van der Waals surface area (Å²) in [5.41, 5.74) is 11.9. The van der Waals surface area contributed by atoms with E-state index < -0.39 is 6.04 Å². The topological polar surface area (TPSA) is 55.1 Å². The first-order valence-electron chi connectivity index (χ1n) is 6.54. The second kappa shape index (κ2) is 3.68. The Morgan fingerprint density at radius 3 is 2.74 bits per heavy atom. The van der Waals surface area contributed by atoms with Crippen molar-refractivity contribution >= 4 is 11.6 Å². The molecule has 2 atom stereocenters. The Morgan fingerprint density at radius 2 is 1.84 bits per heavy atom. The van der Waals surface area contributed by atoms with Gasteiger partial charge >= 0.3 is 0 Å². The number of nitrogens with one attached hydrogen (secondary N) is 1. The third-order valence-corrected chi connectivity index (χ3v) is 4.17. The van der Waals surface area contributed by atoms with Crippen LogP contribution in [-0.4, -0.2) is 11.9 Å². The van der Waals surface area contributed by atoms with Crippen molar-refractivity contribution in [2.75, 3.05) is 5.32 Å². The van der Waals surface area contributed by atoms with Gasteiger partial charge in [0, 0.05) is 11.6 Å². The van der Waals surface area contributed by atoms with Crippen LogP contribution in [0.1, 0.15) is 23.5 Å². The first kappa shape index (κ1) is 10.8. The summed E-state index contributed by atoms with van der Waals surface area (Å²) < 4.78 is 0. The molecular weight excluding hydrogens is 236 g/mol. The molecular formula is C16H14N2O. The molecule has 0 unspecified atom stereocenters. The Morgan fingerprint density at radius 1 is 1.05 bits per heavy atom. The molecule has 94 valence electrons. The van der Waals surface area contributed by atoms with Gasteiger partial charge in [0.2, 0.25) is 5.91 Å². The van der Waals surface area contributed by atoms with Crippen LogP contribution in [0.5, 0.6) is 0 Å². The second-order valence-electron chi connectivity index (χ2n) is 5.24. The van der Waals surface area contributed by atoms with E-state index in [1.54, 1.807) is 0 Å². The van der Waals surface area contributed by atoms with Gasteiger partial charge in [-0.15, -0.1) is 0 Å². The molecule has 2 aromatic rings. The summed E-state index contributed by atoms with van der Waals surface area (Å²) in [6.45, 7) is 0. The molecule has 0 bridgehead atoms. The monoisotopic (exact) mass is 250 g/mol. The molecule has 3 heteroatoms. The van der Waals surface area contributed by atoms with Crippen LogP contribution in [0.4, 0.5) is 5.69 Å². The molecule has 3 N–H and O–H groups in total. The van der Waals surface area contributed by atoms with E-state index >= 15 is 0 Å². The van der Waals surface area contributed by atoms with Crippen LogP contribution in [0.25, 0.3) is 11.1 Å².